The number of ether oxygens (including phenoxy) is 2. The Labute approximate surface area is 253 Å². The molecule has 0 aliphatic carbocycles. The van der Waals surface area contributed by atoms with E-state index < -0.39 is 28.5 Å². The maximum Gasteiger partial charge on any atom is 0.264 e. The first-order valence-corrected chi connectivity index (χ1v) is 15.4. The van der Waals surface area contributed by atoms with Gasteiger partial charge < -0.3 is 19.7 Å². The van der Waals surface area contributed by atoms with E-state index in [4.69, 9.17) is 21.1 Å². The molecule has 11 heteroatoms. The molecular formula is C31H38ClN3O6S. The van der Waals surface area contributed by atoms with Gasteiger partial charge in [-0.2, -0.15) is 0 Å². The molecule has 0 saturated heterocycles. The highest BCUT2D eigenvalue weighted by molar-refractivity contribution is 7.92. The number of hydrogen-bond donors (Lipinski definition) is 1. The number of nitrogens with one attached hydrogen (secondary N) is 1. The van der Waals surface area contributed by atoms with E-state index in [2.05, 4.69) is 5.32 Å². The van der Waals surface area contributed by atoms with E-state index in [9.17, 15) is 18.0 Å². The molecule has 3 rings (SSSR count). The number of halogens is 1. The molecule has 0 heterocycles. The molecule has 0 aliphatic heterocycles. The molecule has 0 spiro atoms. The van der Waals surface area contributed by atoms with Crippen LogP contribution in [0.1, 0.15) is 32.8 Å². The molecule has 1 atom stereocenters. The van der Waals surface area contributed by atoms with Crippen LogP contribution in [0.2, 0.25) is 5.02 Å². The van der Waals surface area contributed by atoms with Crippen LogP contribution >= 0.6 is 11.6 Å². The standard InChI is InChI=1S/C31H38ClN3O6S/c1-6-29(31(37)33-19-22(2)3)34(20-23-9-7-12-27(17-23)41-5)30(36)21-35(25-11-8-10-24(32)18-25)42(38,39)28-15-13-26(40-4)14-16-28/h7-18,22,29H,6,19-21H2,1-5H3,(H,33,37). The number of methoxy groups -OCH3 is 2. The van der Waals surface area contributed by atoms with Crippen molar-refractivity contribution in [3.63, 3.8) is 0 Å². The van der Waals surface area contributed by atoms with E-state index in [1.807, 2.05) is 26.8 Å². The fraction of sp³-hybridized carbons (Fsp3) is 0.355. The van der Waals surface area contributed by atoms with Gasteiger partial charge in [0.25, 0.3) is 10.0 Å². The van der Waals surface area contributed by atoms with Crippen molar-refractivity contribution in [3.05, 3.63) is 83.4 Å². The molecule has 0 fully saturated rings. The molecule has 2 amide bonds. The summed E-state index contributed by atoms with van der Waals surface area (Å²) in [5, 5.41) is 3.23. The first-order valence-electron chi connectivity index (χ1n) is 13.6. The van der Waals surface area contributed by atoms with Gasteiger partial charge in [-0.15, -0.1) is 0 Å². The summed E-state index contributed by atoms with van der Waals surface area (Å²) in [6, 6.07) is 18.5. The van der Waals surface area contributed by atoms with Crippen molar-refractivity contribution in [3.8, 4) is 11.5 Å². The van der Waals surface area contributed by atoms with Crippen LogP contribution in [0.25, 0.3) is 0 Å². The number of rotatable bonds is 14. The zero-order valence-electron chi connectivity index (χ0n) is 24.5. The summed E-state index contributed by atoms with van der Waals surface area (Å²) >= 11 is 6.24. The molecule has 226 valence electrons. The molecule has 1 unspecified atom stereocenters. The molecule has 0 aliphatic rings. The maximum absolute atomic E-state index is 14.1. The van der Waals surface area contributed by atoms with Crippen LogP contribution in [-0.4, -0.2) is 58.5 Å². The van der Waals surface area contributed by atoms with Crippen LogP contribution in [0.5, 0.6) is 11.5 Å². The lowest BCUT2D eigenvalue weighted by Gasteiger charge is -2.33. The zero-order valence-corrected chi connectivity index (χ0v) is 26.1. The fourth-order valence-corrected chi connectivity index (χ4v) is 5.93. The largest absolute Gasteiger partial charge is 0.497 e. The van der Waals surface area contributed by atoms with Crippen LogP contribution < -0.4 is 19.1 Å². The van der Waals surface area contributed by atoms with Gasteiger partial charge in [-0.1, -0.05) is 50.6 Å². The Morgan fingerprint density at radius 1 is 0.929 bits per heavy atom. The summed E-state index contributed by atoms with van der Waals surface area (Å²) in [5.41, 5.74) is 0.940. The van der Waals surface area contributed by atoms with Crippen molar-refractivity contribution >= 4 is 39.1 Å². The number of carbonyl (C=O) groups excluding carboxylic acids is 2. The quantitative estimate of drug-likeness (QED) is 0.270. The SMILES string of the molecule is CCC(C(=O)NCC(C)C)N(Cc1cccc(OC)c1)C(=O)CN(c1cccc(Cl)c1)S(=O)(=O)c1ccc(OC)cc1. The van der Waals surface area contributed by atoms with Crippen LogP contribution in [0.15, 0.2) is 77.7 Å². The highest BCUT2D eigenvalue weighted by Crippen LogP contribution is 2.28. The average Bonchev–Trinajstić information content (AvgIpc) is 2.98. The van der Waals surface area contributed by atoms with Gasteiger partial charge in [-0.25, -0.2) is 8.42 Å². The van der Waals surface area contributed by atoms with Crippen molar-refractivity contribution in [1.29, 1.82) is 0 Å². The third kappa shape index (κ3) is 8.39. The Kier molecular flexibility index (Phi) is 11.6. The first-order chi connectivity index (χ1) is 20.0. The number of anilines is 1. The first kappa shape index (κ1) is 32.8. The van der Waals surface area contributed by atoms with Gasteiger partial charge in [-0.05, 0) is 72.5 Å². The van der Waals surface area contributed by atoms with Gasteiger partial charge in [0.15, 0.2) is 0 Å². The lowest BCUT2D eigenvalue weighted by Crippen LogP contribution is -2.52. The molecule has 0 aromatic heterocycles. The van der Waals surface area contributed by atoms with Crippen molar-refractivity contribution in [2.75, 3.05) is 31.6 Å². The smallest absolute Gasteiger partial charge is 0.264 e. The molecule has 42 heavy (non-hydrogen) atoms. The van der Waals surface area contributed by atoms with Crippen LogP contribution in [0.3, 0.4) is 0 Å². The highest BCUT2D eigenvalue weighted by atomic mass is 35.5. The van der Waals surface area contributed by atoms with E-state index in [1.165, 1.54) is 42.3 Å². The number of carbonyl (C=O) groups is 2. The monoisotopic (exact) mass is 615 g/mol. The lowest BCUT2D eigenvalue weighted by atomic mass is 10.1. The molecule has 3 aromatic rings. The van der Waals surface area contributed by atoms with Gasteiger partial charge in [0.1, 0.15) is 24.1 Å². The second-order valence-electron chi connectivity index (χ2n) is 10.1. The minimum absolute atomic E-state index is 0.0304. The van der Waals surface area contributed by atoms with Crippen molar-refractivity contribution in [2.24, 2.45) is 5.92 Å². The van der Waals surface area contributed by atoms with Gasteiger partial charge in [0, 0.05) is 18.1 Å². The average molecular weight is 616 g/mol. The summed E-state index contributed by atoms with van der Waals surface area (Å²) < 4.78 is 39.5. The number of benzene rings is 3. The Bertz CT molecular complexity index is 1460. The van der Waals surface area contributed by atoms with Gasteiger partial charge in [0.05, 0.1) is 24.8 Å². The Morgan fingerprint density at radius 2 is 1.60 bits per heavy atom. The van der Waals surface area contributed by atoms with Crippen molar-refractivity contribution < 1.29 is 27.5 Å². The summed E-state index contributed by atoms with van der Waals surface area (Å²) in [5.74, 6) is 0.431. The molecule has 0 bridgehead atoms. The summed E-state index contributed by atoms with van der Waals surface area (Å²) in [6.07, 6.45) is 0.321. The van der Waals surface area contributed by atoms with Crippen LogP contribution in [0.4, 0.5) is 5.69 Å². The lowest BCUT2D eigenvalue weighted by molar-refractivity contribution is -0.140. The van der Waals surface area contributed by atoms with E-state index in [0.717, 1.165) is 9.87 Å². The van der Waals surface area contributed by atoms with Gasteiger partial charge >= 0.3 is 0 Å². The van der Waals surface area contributed by atoms with Crippen LogP contribution in [-0.2, 0) is 26.2 Å². The summed E-state index contributed by atoms with van der Waals surface area (Å²) in [4.78, 5) is 28.9. The van der Waals surface area contributed by atoms with E-state index in [-0.39, 0.29) is 29.0 Å². The second-order valence-corrected chi connectivity index (χ2v) is 12.4. The normalized spacial score (nSPS) is 12.0. The summed E-state index contributed by atoms with van der Waals surface area (Å²) in [7, 11) is -1.20. The molecule has 3 aromatic carbocycles. The van der Waals surface area contributed by atoms with E-state index in [1.54, 1.807) is 43.5 Å². The maximum atomic E-state index is 14.1. The third-order valence-corrected chi connectivity index (χ3v) is 8.60. The number of amides is 2. The summed E-state index contributed by atoms with van der Waals surface area (Å²) in [6.45, 7) is 5.72. The number of sulfonamides is 1. The predicted molar refractivity (Wildman–Crippen MR) is 164 cm³/mol. The number of nitrogens with zero attached hydrogens (tertiary/aromatic N) is 2. The molecule has 0 radical (unpaired) electrons. The Morgan fingerprint density at radius 3 is 2.19 bits per heavy atom. The molecule has 1 N–H and O–H groups in total. The van der Waals surface area contributed by atoms with Crippen molar-refractivity contribution in [1.82, 2.24) is 10.2 Å². The van der Waals surface area contributed by atoms with E-state index >= 15 is 0 Å². The predicted octanol–water partition coefficient (Wildman–Crippen LogP) is 5.13. The topological polar surface area (TPSA) is 105 Å². The Hall–Kier alpha value is -3.76. The van der Waals surface area contributed by atoms with Gasteiger partial charge in [0.2, 0.25) is 11.8 Å². The molecular weight excluding hydrogens is 578 g/mol. The van der Waals surface area contributed by atoms with Crippen molar-refractivity contribution in [2.45, 2.75) is 44.7 Å². The van der Waals surface area contributed by atoms with E-state index in [0.29, 0.717) is 29.5 Å². The van der Waals surface area contributed by atoms with Gasteiger partial charge in [-0.3, -0.25) is 13.9 Å². The fourth-order valence-electron chi connectivity index (χ4n) is 4.34. The highest BCUT2D eigenvalue weighted by Gasteiger charge is 2.34. The minimum Gasteiger partial charge on any atom is -0.497 e. The van der Waals surface area contributed by atoms with Crippen LogP contribution in [0, 0.1) is 5.92 Å². The molecule has 9 nitrogen and oxygen atoms in total. The molecule has 0 saturated carbocycles. The minimum atomic E-state index is -4.23. The number of hydrogen-bond acceptors (Lipinski definition) is 6. The zero-order chi connectivity index (χ0) is 30.9. The Balaban J connectivity index is 2.06. The second kappa shape index (κ2) is 14.9. The third-order valence-electron chi connectivity index (χ3n) is 6.58.